The van der Waals surface area contributed by atoms with Crippen molar-refractivity contribution in [3.05, 3.63) is 0 Å². The minimum atomic E-state index is -0.824. The van der Waals surface area contributed by atoms with Gasteiger partial charge >= 0.3 is 5.97 Å². The van der Waals surface area contributed by atoms with E-state index in [4.69, 9.17) is 11.5 Å². The Labute approximate surface area is 108 Å². The van der Waals surface area contributed by atoms with Crippen LogP contribution >= 0.6 is 0 Å². The SMILES string of the molecule is C#CC(C)NC(=O)CC1(CC(=O)O)CCCCC1. The average molecular weight is 251 g/mol. The highest BCUT2D eigenvalue weighted by atomic mass is 16.4. The van der Waals surface area contributed by atoms with Crippen molar-refractivity contribution in [2.45, 2.75) is 57.9 Å². The molecule has 1 aliphatic rings. The normalized spacial score (nSPS) is 19.6. The van der Waals surface area contributed by atoms with Gasteiger partial charge in [-0.15, -0.1) is 6.42 Å². The molecule has 1 aliphatic carbocycles. The molecule has 0 heterocycles. The number of carbonyl (C=O) groups is 2. The predicted octanol–water partition coefficient (Wildman–Crippen LogP) is 1.94. The van der Waals surface area contributed by atoms with Crippen LogP contribution in [0.4, 0.5) is 0 Å². The van der Waals surface area contributed by atoms with Crippen LogP contribution in [0.15, 0.2) is 0 Å². The maximum Gasteiger partial charge on any atom is 0.303 e. The molecule has 0 aromatic rings. The summed E-state index contributed by atoms with van der Waals surface area (Å²) in [5, 5.41) is 11.7. The van der Waals surface area contributed by atoms with E-state index in [1.165, 1.54) is 0 Å². The van der Waals surface area contributed by atoms with E-state index in [1.54, 1.807) is 6.92 Å². The molecule has 1 fully saturated rings. The van der Waals surface area contributed by atoms with Gasteiger partial charge in [0, 0.05) is 6.42 Å². The first-order valence-electron chi connectivity index (χ1n) is 6.45. The van der Waals surface area contributed by atoms with Gasteiger partial charge in [0.05, 0.1) is 12.5 Å². The summed E-state index contributed by atoms with van der Waals surface area (Å²) in [6, 6.07) is -0.303. The Bertz CT molecular complexity index is 351. The third kappa shape index (κ3) is 4.40. The molecule has 1 unspecified atom stereocenters. The predicted molar refractivity (Wildman–Crippen MR) is 68.8 cm³/mol. The summed E-state index contributed by atoms with van der Waals surface area (Å²) in [5.41, 5.74) is -0.373. The van der Waals surface area contributed by atoms with E-state index in [1.807, 2.05) is 0 Å². The summed E-state index contributed by atoms with van der Waals surface area (Å²) >= 11 is 0. The van der Waals surface area contributed by atoms with Gasteiger partial charge in [-0.1, -0.05) is 25.2 Å². The monoisotopic (exact) mass is 251 g/mol. The molecule has 0 aromatic carbocycles. The van der Waals surface area contributed by atoms with Crippen LogP contribution in [0.1, 0.15) is 51.9 Å². The van der Waals surface area contributed by atoms with Gasteiger partial charge in [-0.25, -0.2) is 0 Å². The van der Waals surface area contributed by atoms with Crippen LogP contribution in [0.3, 0.4) is 0 Å². The number of nitrogens with one attached hydrogen (secondary N) is 1. The van der Waals surface area contributed by atoms with Gasteiger partial charge in [0.25, 0.3) is 0 Å². The molecule has 1 atom stereocenters. The summed E-state index contributed by atoms with van der Waals surface area (Å²) in [6.45, 7) is 1.74. The first-order valence-corrected chi connectivity index (χ1v) is 6.45. The highest BCUT2D eigenvalue weighted by molar-refractivity contribution is 5.78. The molecule has 0 saturated heterocycles. The first kappa shape index (κ1) is 14.6. The van der Waals surface area contributed by atoms with Crippen molar-refractivity contribution in [1.82, 2.24) is 5.32 Å². The third-order valence-electron chi connectivity index (χ3n) is 3.60. The molecule has 4 heteroatoms. The lowest BCUT2D eigenvalue weighted by atomic mass is 9.69. The lowest BCUT2D eigenvalue weighted by Crippen LogP contribution is -2.38. The number of terminal acetylenes is 1. The van der Waals surface area contributed by atoms with Crippen LogP contribution < -0.4 is 5.32 Å². The number of hydrogen-bond acceptors (Lipinski definition) is 2. The van der Waals surface area contributed by atoms with E-state index in [0.29, 0.717) is 0 Å². The van der Waals surface area contributed by atoms with Gasteiger partial charge in [0.2, 0.25) is 5.91 Å². The number of carbonyl (C=O) groups excluding carboxylic acids is 1. The topological polar surface area (TPSA) is 66.4 Å². The smallest absolute Gasteiger partial charge is 0.303 e. The highest BCUT2D eigenvalue weighted by Crippen LogP contribution is 2.42. The molecule has 1 rings (SSSR count). The van der Waals surface area contributed by atoms with Gasteiger partial charge in [0.1, 0.15) is 0 Å². The molecule has 0 bridgehead atoms. The molecular weight excluding hydrogens is 230 g/mol. The van der Waals surface area contributed by atoms with Crippen molar-refractivity contribution in [3.8, 4) is 12.3 Å². The molecule has 0 radical (unpaired) electrons. The molecule has 4 nitrogen and oxygen atoms in total. The molecule has 100 valence electrons. The minimum Gasteiger partial charge on any atom is -0.481 e. The van der Waals surface area contributed by atoms with Crippen molar-refractivity contribution >= 4 is 11.9 Å². The summed E-state index contributed by atoms with van der Waals surface area (Å²) in [5.74, 6) is 1.48. The molecule has 0 aromatic heterocycles. The molecular formula is C14H21NO3. The van der Waals surface area contributed by atoms with E-state index < -0.39 is 5.97 Å². The fourth-order valence-electron chi connectivity index (χ4n) is 2.71. The zero-order valence-electron chi connectivity index (χ0n) is 10.9. The van der Waals surface area contributed by atoms with Gasteiger partial charge in [-0.05, 0) is 25.2 Å². The number of rotatable bonds is 5. The largest absolute Gasteiger partial charge is 0.481 e. The second-order valence-electron chi connectivity index (χ2n) is 5.26. The van der Waals surface area contributed by atoms with Crippen LogP contribution in [-0.2, 0) is 9.59 Å². The minimum absolute atomic E-state index is 0.0743. The van der Waals surface area contributed by atoms with Crippen LogP contribution in [-0.4, -0.2) is 23.0 Å². The highest BCUT2D eigenvalue weighted by Gasteiger charge is 2.36. The zero-order chi connectivity index (χ0) is 13.6. The lowest BCUT2D eigenvalue weighted by Gasteiger charge is -2.35. The maximum absolute atomic E-state index is 11.9. The van der Waals surface area contributed by atoms with E-state index in [9.17, 15) is 9.59 Å². The van der Waals surface area contributed by atoms with Crippen LogP contribution in [0.5, 0.6) is 0 Å². The van der Waals surface area contributed by atoms with Crippen molar-refractivity contribution in [2.75, 3.05) is 0 Å². The molecule has 0 spiro atoms. The Hall–Kier alpha value is -1.50. The number of carboxylic acid groups (broad SMARTS) is 1. The number of hydrogen-bond donors (Lipinski definition) is 2. The summed E-state index contributed by atoms with van der Waals surface area (Å²) in [6.07, 6.45) is 10.3. The third-order valence-corrected chi connectivity index (χ3v) is 3.60. The number of carboxylic acids is 1. The van der Waals surface area contributed by atoms with E-state index in [2.05, 4.69) is 11.2 Å². The van der Waals surface area contributed by atoms with E-state index in [-0.39, 0.29) is 30.2 Å². The Balaban J connectivity index is 2.64. The summed E-state index contributed by atoms with van der Waals surface area (Å²) in [4.78, 5) is 22.8. The fraction of sp³-hybridized carbons (Fsp3) is 0.714. The average Bonchev–Trinajstić information content (AvgIpc) is 2.28. The maximum atomic E-state index is 11.9. The Morgan fingerprint density at radius 1 is 1.33 bits per heavy atom. The van der Waals surface area contributed by atoms with Crippen molar-refractivity contribution < 1.29 is 14.7 Å². The standard InChI is InChI=1S/C14H21NO3/c1-3-11(2)15-12(16)9-14(10-13(17)18)7-5-4-6-8-14/h1,11H,4-10H2,2H3,(H,15,16)(H,17,18). The molecule has 0 aliphatic heterocycles. The zero-order valence-corrected chi connectivity index (χ0v) is 10.9. The summed E-state index contributed by atoms with van der Waals surface area (Å²) in [7, 11) is 0. The molecule has 2 N–H and O–H groups in total. The Kier molecular flexibility index (Phi) is 5.21. The quantitative estimate of drug-likeness (QED) is 0.734. The van der Waals surface area contributed by atoms with Crippen LogP contribution in [0.25, 0.3) is 0 Å². The van der Waals surface area contributed by atoms with E-state index >= 15 is 0 Å². The van der Waals surface area contributed by atoms with Crippen molar-refractivity contribution in [2.24, 2.45) is 5.41 Å². The number of amides is 1. The van der Waals surface area contributed by atoms with Crippen LogP contribution in [0, 0.1) is 17.8 Å². The van der Waals surface area contributed by atoms with Crippen molar-refractivity contribution in [1.29, 1.82) is 0 Å². The van der Waals surface area contributed by atoms with Gasteiger partial charge in [0.15, 0.2) is 0 Å². The van der Waals surface area contributed by atoms with Crippen molar-refractivity contribution in [3.63, 3.8) is 0 Å². The fourth-order valence-corrected chi connectivity index (χ4v) is 2.71. The Morgan fingerprint density at radius 2 is 1.94 bits per heavy atom. The Morgan fingerprint density at radius 3 is 2.44 bits per heavy atom. The lowest BCUT2D eigenvalue weighted by molar-refractivity contribution is -0.141. The molecule has 1 saturated carbocycles. The second kappa shape index (κ2) is 6.44. The van der Waals surface area contributed by atoms with Crippen LogP contribution in [0.2, 0.25) is 0 Å². The molecule has 18 heavy (non-hydrogen) atoms. The first-order chi connectivity index (χ1) is 8.47. The van der Waals surface area contributed by atoms with E-state index in [0.717, 1.165) is 32.1 Å². The second-order valence-corrected chi connectivity index (χ2v) is 5.26. The van der Waals surface area contributed by atoms with Gasteiger partial charge in [-0.3, -0.25) is 9.59 Å². The van der Waals surface area contributed by atoms with Gasteiger partial charge < -0.3 is 10.4 Å². The molecule has 1 amide bonds. The number of aliphatic carboxylic acids is 1. The van der Waals surface area contributed by atoms with Gasteiger partial charge in [-0.2, -0.15) is 0 Å². The summed E-state index contributed by atoms with van der Waals surface area (Å²) < 4.78 is 0.